The average Bonchev–Trinajstić information content (AvgIpc) is 2.72. The van der Waals surface area contributed by atoms with Crippen LogP contribution in [0.5, 0.6) is 0 Å². The number of aromatic nitrogens is 2. The van der Waals surface area contributed by atoms with Gasteiger partial charge < -0.3 is 0 Å². The first-order valence-corrected chi connectivity index (χ1v) is 11.1. The Bertz CT molecular complexity index is 616. The van der Waals surface area contributed by atoms with Crippen LogP contribution in [0.3, 0.4) is 0 Å². The Balaban J connectivity index is 1.75. The van der Waals surface area contributed by atoms with Gasteiger partial charge >= 0.3 is 0 Å². The molecule has 2 nitrogen and oxygen atoms in total. The second-order valence-electron chi connectivity index (χ2n) is 8.04. The Morgan fingerprint density at radius 1 is 0.741 bits per heavy atom. The number of rotatable bonds is 13. The van der Waals surface area contributed by atoms with E-state index in [9.17, 15) is 0 Å². The lowest BCUT2D eigenvalue weighted by Crippen LogP contribution is -1.94. The van der Waals surface area contributed by atoms with E-state index in [2.05, 4.69) is 55.0 Å². The van der Waals surface area contributed by atoms with Gasteiger partial charge in [0.15, 0.2) is 5.82 Å². The van der Waals surface area contributed by atoms with Gasteiger partial charge in [-0.1, -0.05) is 90.0 Å². The van der Waals surface area contributed by atoms with Crippen LogP contribution in [0.15, 0.2) is 36.7 Å². The lowest BCUT2D eigenvalue weighted by atomic mass is 9.99. The second kappa shape index (κ2) is 12.6. The second-order valence-corrected chi connectivity index (χ2v) is 8.04. The maximum Gasteiger partial charge on any atom is 0.159 e. The van der Waals surface area contributed by atoms with Crippen LogP contribution in [0.1, 0.15) is 89.7 Å². The van der Waals surface area contributed by atoms with Gasteiger partial charge in [0.05, 0.1) is 0 Å². The fraction of sp³-hybridized carbons (Fsp3) is 0.600. The molecule has 1 heterocycles. The Kier molecular flexibility index (Phi) is 10.1. The number of unbranched alkanes of at least 4 members (excludes halogenated alkanes) is 5. The summed E-state index contributed by atoms with van der Waals surface area (Å²) in [6.07, 6.45) is 18.1. The molecule has 0 saturated heterocycles. The quantitative estimate of drug-likeness (QED) is 0.345. The largest absolute Gasteiger partial charge is 0.236 e. The van der Waals surface area contributed by atoms with Gasteiger partial charge in [-0.3, -0.25) is 0 Å². The monoisotopic (exact) mass is 366 g/mol. The molecule has 27 heavy (non-hydrogen) atoms. The summed E-state index contributed by atoms with van der Waals surface area (Å²) in [6.45, 7) is 6.90. The van der Waals surface area contributed by atoms with E-state index in [0.29, 0.717) is 0 Å². The Morgan fingerprint density at radius 2 is 1.37 bits per heavy atom. The van der Waals surface area contributed by atoms with Crippen LogP contribution in [-0.4, -0.2) is 9.97 Å². The molecule has 1 aromatic carbocycles. The molecule has 2 heteroatoms. The zero-order valence-electron chi connectivity index (χ0n) is 17.7. The maximum absolute atomic E-state index is 4.58. The molecule has 0 fully saturated rings. The standard InChI is InChI=1S/C25H38N2/c1-4-6-7-10-14-23-19-26-25(27-20-23)24-17-15-22(16-18-24)13-11-8-9-12-21(3)5-2/h15-21H,4-14H2,1-3H3. The fourth-order valence-corrected chi connectivity index (χ4v) is 3.41. The highest BCUT2D eigenvalue weighted by atomic mass is 14.9. The van der Waals surface area contributed by atoms with Crippen LogP contribution in [0, 0.1) is 5.92 Å². The van der Waals surface area contributed by atoms with Gasteiger partial charge in [0.1, 0.15) is 0 Å². The van der Waals surface area contributed by atoms with Gasteiger partial charge in [0.2, 0.25) is 0 Å². The molecule has 0 N–H and O–H groups in total. The zero-order chi connectivity index (χ0) is 19.3. The van der Waals surface area contributed by atoms with E-state index in [0.717, 1.165) is 23.7 Å². The van der Waals surface area contributed by atoms with Crippen molar-refractivity contribution in [1.29, 1.82) is 0 Å². The summed E-state index contributed by atoms with van der Waals surface area (Å²) in [6, 6.07) is 8.83. The van der Waals surface area contributed by atoms with E-state index in [4.69, 9.17) is 0 Å². The van der Waals surface area contributed by atoms with E-state index >= 15 is 0 Å². The molecule has 0 amide bonds. The third-order valence-corrected chi connectivity index (χ3v) is 5.60. The average molecular weight is 367 g/mol. The zero-order valence-corrected chi connectivity index (χ0v) is 17.7. The number of benzene rings is 1. The topological polar surface area (TPSA) is 25.8 Å². The van der Waals surface area contributed by atoms with Gasteiger partial charge in [-0.2, -0.15) is 0 Å². The Hall–Kier alpha value is -1.70. The van der Waals surface area contributed by atoms with E-state index in [1.54, 1.807) is 0 Å². The normalized spacial score (nSPS) is 12.3. The first-order chi connectivity index (χ1) is 13.2. The lowest BCUT2D eigenvalue weighted by molar-refractivity contribution is 0.478. The van der Waals surface area contributed by atoms with Gasteiger partial charge in [0.25, 0.3) is 0 Å². The predicted molar refractivity (Wildman–Crippen MR) is 117 cm³/mol. The van der Waals surface area contributed by atoms with Crippen molar-refractivity contribution in [2.75, 3.05) is 0 Å². The number of hydrogen-bond acceptors (Lipinski definition) is 2. The molecular weight excluding hydrogens is 328 g/mol. The summed E-state index contributed by atoms with van der Waals surface area (Å²) >= 11 is 0. The third kappa shape index (κ3) is 8.24. The van der Waals surface area contributed by atoms with Crippen molar-refractivity contribution in [3.8, 4) is 11.4 Å². The van der Waals surface area contributed by atoms with Crippen LogP contribution in [-0.2, 0) is 12.8 Å². The predicted octanol–water partition coefficient (Wildman–Crippen LogP) is 7.42. The van der Waals surface area contributed by atoms with Crippen molar-refractivity contribution in [3.05, 3.63) is 47.8 Å². The van der Waals surface area contributed by atoms with Crippen LogP contribution in [0.25, 0.3) is 11.4 Å². The highest BCUT2D eigenvalue weighted by Crippen LogP contribution is 2.18. The minimum atomic E-state index is 0.840. The molecule has 1 aromatic heterocycles. The van der Waals surface area contributed by atoms with E-state index in [1.165, 1.54) is 75.3 Å². The highest BCUT2D eigenvalue weighted by molar-refractivity contribution is 5.55. The highest BCUT2D eigenvalue weighted by Gasteiger charge is 2.03. The van der Waals surface area contributed by atoms with E-state index in [-0.39, 0.29) is 0 Å². The van der Waals surface area contributed by atoms with Crippen molar-refractivity contribution in [1.82, 2.24) is 9.97 Å². The summed E-state index contributed by atoms with van der Waals surface area (Å²) in [5.74, 6) is 1.72. The van der Waals surface area contributed by atoms with E-state index in [1.807, 2.05) is 12.4 Å². The molecule has 148 valence electrons. The number of nitrogens with zero attached hydrogens (tertiary/aromatic N) is 2. The molecule has 0 aliphatic heterocycles. The molecule has 0 bridgehead atoms. The molecule has 0 spiro atoms. The van der Waals surface area contributed by atoms with Crippen molar-refractivity contribution in [2.24, 2.45) is 5.92 Å². The SMILES string of the molecule is CCCCCCc1cnc(-c2ccc(CCCCCC(C)CC)cc2)nc1. The maximum atomic E-state index is 4.58. The van der Waals surface area contributed by atoms with Crippen molar-refractivity contribution < 1.29 is 0 Å². The number of aryl methyl sites for hydroxylation is 2. The van der Waals surface area contributed by atoms with Crippen molar-refractivity contribution in [3.63, 3.8) is 0 Å². The number of hydrogen-bond donors (Lipinski definition) is 0. The smallest absolute Gasteiger partial charge is 0.159 e. The van der Waals surface area contributed by atoms with Crippen LogP contribution >= 0.6 is 0 Å². The molecular formula is C25H38N2. The van der Waals surface area contributed by atoms with Gasteiger partial charge in [-0.15, -0.1) is 0 Å². The Labute approximate surface area is 166 Å². The van der Waals surface area contributed by atoms with Crippen LogP contribution in [0.2, 0.25) is 0 Å². The van der Waals surface area contributed by atoms with Crippen LogP contribution < -0.4 is 0 Å². The summed E-state index contributed by atoms with van der Waals surface area (Å²) in [4.78, 5) is 9.15. The molecule has 1 atom stereocenters. The molecule has 0 saturated carbocycles. The Morgan fingerprint density at radius 3 is 2.00 bits per heavy atom. The summed E-state index contributed by atoms with van der Waals surface area (Å²) in [5.41, 5.74) is 3.80. The summed E-state index contributed by atoms with van der Waals surface area (Å²) in [7, 11) is 0. The van der Waals surface area contributed by atoms with Crippen molar-refractivity contribution >= 4 is 0 Å². The van der Waals surface area contributed by atoms with Gasteiger partial charge in [-0.05, 0) is 42.7 Å². The summed E-state index contributed by atoms with van der Waals surface area (Å²) in [5, 5.41) is 0. The third-order valence-electron chi connectivity index (χ3n) is 5.60. The molecule has 2 rings (SSSR count). The summed E-state index contributed by atoms with van der Waals surface area (Å²) < 4.78 is 0. The first-order valence-electron chi connectivity index (χ1n) is 11.1. The fourth-order valence-electron chi connectivity index (χ4n) is 3.41. The van der Waals surface area contributed by atoms with Gasteiger partial charge in [0, 0.05) is 18.0 Å². The molecule has 2 aromatic rings. The van der Waals surface area contributed by atoms with E-state index < -0.39 is 0 Å². The first kappa shape index (κ1) is 21.6. The minimum absolute atomic E-state index is 0.840. The lowest BCUT2D eigenvalue weighted by Gasteiger charge is -2.08. The molecule has 0 aliphatic carbocycles. The molecule has 0 radical (unpaired) electrons. The van der Waals surface area contributed by atoms with Crippen LogP contribution in [0.4, 0.5) is 0 Å². The minimum Gasteiger partial charge on any atom is -0.236 e. The molecule has 1 unspecified atom stereocenters. The van der Waals surface area contributed by atoms with Crippen molar-refractivity contribution in [2.45, 2.75) is 91.4 Å². The van der Waals surface area contributed by atoms with Gasteiger partial charge in [-0.25, -0.2) is 9.97 Å². The molecule has 0 aliphatic rings.